The van der Waals surface area contributed by atoms with Crippen LogP contribution in [0.1, 0.15) is 0 Å². The third-order valence-corrected chi connectivity index (χ3v) is 3.71. The highest BCUT2D eigenvalue weighted by Gasteiger charge is 2.13. The number of hydrogen-bond acceptors (Lipinski definition) is 6. The van der Waals surface area contributed by atoms with Crippen LogP contribution in [0.5, 0.6) is 0 Å². The van der Waals surface area contributed by atoms with Crippen LogP contribution < -0.4 is 10.6 Å². The van der Waals surface area contributed by atoms with Gasteiger partial charge in [-0.05, 0) is 18.2 Å². The Bertz CT molecular complexity index is 791. The number of morpholine rings is 1. The van der Waals surface area contributed by atoms with Crippen LogP contribution in [0.25, 0.3) is 22.6 Å². The molecule has 0 spiro atoms. The molecule has 7 heteroatoms. The molecule has 7 nitrogen and oxygen atoms in total. The van der Waals surface area contributed by atoms with Crippen molar-refractivity contribution in [2.24, 2.45) is 0 Å². The van der Waals surface area contributed by atoms with Gasteiger partial charge in [-0.15, -0.1) is 0 Å². The van der Waals surface area contributed by atoms with Gasteiger partial charge in [0.25, 0.3) is 0 Å². The van der Waals surface area contributed by atoms with Crippen LogP contribution in [0.2, 0.25) is 0 Å². The highest BCUT2D eigenvalue weighted by atomic mass is 16.5. The van der Waals surface area contributed by atoms with Crippen molar-refractivity contribution < 1.29 is 4.74 Å². The number of ether oxygens (including phenoxy) is 1. The molecule has 22 heavy (non-hydrogen) atoms. The highest BCUT2D eigenvalue weighted by Crippen LogP contribution is 2.22. The molecule has 0 unspecified atom stereocenters. The molecule has 3 aromatic rings. The minimum absolute atomic E-state index is 0.603. The first-order valence-electron chi connectivity index (χ1n) is 7.20. The molecule has 4 rings (SSSR count). The Hall–Kier alpha value is -2.67. The minimum atomic E-state index is 0.603. The van der Waals surface area contributed by atoms with E-state index < -0.39 is 0 Å². The number of nitrogens with one attached hydrogen (secondary N) is 1. The highest BCUT2D eigenvalue weighted by molar-refractivity contribution is 5.78. The van der Waals surface area contributed by atoms with Crippen LogP contribution in [-0.4, -0.2) is 46.2 Å². The Morgan fingerprint density at radius 3 is 2.77 bits per heavy atom. The van der Waals surface area contributed by atoms with E-state index in [4.69, 9.17) is 10.5 Å². The fourth-order valence-electron chi connectivity index (χ4n) is 2.55. The topological polar surface area (TPSA) is 93.0 Å². The predicted octanol–water partition coefficient (Wildman–Crippen LogP) is 1.44. The maximum absolute atomic E-state index is 5.73. The molecule has 3 N–H and O–H groups in total. The summed E-state index contributed by atoms with van der Waals surface area (Å²) in [5.74, 6) is 1.71. The summed E-state index contributed by atoms with van der Waals surface area (Å²) in [7, 11) is 0. The third-order valence-electron chi connectivity index (χ3n) is 3.71. The van der Waals surface area contributed by atoms with Gasteiger partial charge in [0, 0.05) is 24.8 Å². The Balaban J connectivity index is 1.63. The second-order valence-corrected chi connectivity index (χ2v) is 5.23. The predicted molar refractivity (Wildman–Crippen MR) is 84.6 cm³/mol. The van der Waals surface area contributed by atoms with E-state index in [1.807, 2.05) is 18.3 Å². The fraction of sp³-hybridized carbons (Fsp3) is 0.267. The Morgan fingerprint density at radius 1 is 1.14 bits per heavy atom. The molecule has 0 aliphatic carbocycles. The molecular formula is C15H16N6O. The normalized spacial score (nSPS) is 15.4. The molecule has 112 valence electrons. The number of pyridine rings is 2. The van der Waals surface area contributed by atoms with Crippen molar-refractivity contribution in [3.63, 3.8) is 0 Å². The number of aromatic nitrogens is 4. The van der Waals surface area contributed by atoms with Gasteiger partial charge >= 0.3 is 0 Å². The van der Waals surface area contributed by atoms with Gasteiger partial charge in [0.1, 0.15) is 17.2 Å². The van der Waals surface area contributed by atoms with Gasteiger partial charge in [-0.3, -0.25) is 0 Å². The average Bonchev–Trinajstić information content (AvgIpc) is 2.99. The third kappa shape index (κ3) is 2.35. The van der Waals surface area contributed by atoms with Crippen LogP contribution >= 0.6 is 0 Å². The summed E-state index contributed by atoms with van der Waals surface area (Å²) in [6, 6.07) is 5.83. The maximum atomic E-state index is 5.73. The molecule has 0 bridgehead atoms. The Morgan fingerprint density at radius 2 is 2.00 bits per heavy atom. The standard InChI is InChI=1S/C15H16N6O/c16-11-7-12-15(18-9-11)20-14(19-12)10-1-2-13(17-8-10)21-3-5-22-6-4-21/h1-2,7-9H,3-6,16H2,(H,18,19,20). The fourth-order valence-corrected chi connectivity index (χ4v) is 2.55. The number of nitrogen functional groups attached to an aromatic ring is 1. The van der Waals surface area contributed by atoms with Gasteiger partial charge in [0.15, 0.2) is 5.65 Å². The SMILES string of the molecule is Nc1cnc2[nH]c(-c3ccc(N4CCOCC4)nc3)nc2c1. The summed E-state index contributed by atoms with van der Waals surface area (Å²) in [4.78, 5) is 18.7. The van der Waals surface area contributed by atoms with Gasteiger partial charge in [0.2, 0.25) is 0 Å². The van der Waals surface area contributed by atoms with E-state index >= 15 is 0 Å². The van der Waals surface area contributed by atoms with Crippen molar-refractivity contribution in [3.8, 4) is 11.4 Å². The van der Waals surface area contributed by atoms with Crippen molar-refractivity contribution in [1.82, 2.24) is 19.9 Å². The quantitative estimate of drug-likeness (QED) is 0.743. The number of anilines is 2. The second-order valence-electron chi connectivity index (χ2n) is 5.23. The van der Waals surface area contributed by atoms with E-state index in [9.17, 15) is 0 Å². The Labute approximate surface area is 127 Å². The number of nitrogens with zero attached hydrogens (tertiary/aromatic N) is 4. The van der Waals surface area contributed by atoms with Crippen LogP contribution in [0, 0.1) is 0 Å². The molecule has 0 radical (unpaired) electrons. The molecule has 1 aliphatic rings. The lowest BCUT2D eigenvalue weighted by atomic mass is 10.2. The molecule has 0 amide bonds. The van der Waals surface area contributed by atoms with E-state index in [1.54, 1.807) is 12.3 Å². The number of imidazole rings is 1. The Kier molecular flexibility index (Phi) is 3.12. The van der Waals surface area contributed by atoms with E-state index in [0.717, 1.165) is 54.7 Å². The maximum Gasteiger partial charge on any atom is 0.157 e. The first-order valence-corrected chi connectivity index (χ1v) is 7.20. The molecule has 0 atom stereocenters. The molecule has 1 fully saturated rings. The van der Waals surface area contributed by atoms with Gasteiger partial charge in [-0.1, -0.05) is 0 Å². The number of hydrogen-bond donors (Lipinski definition) is 2. The summed E-state index contributed by atoms with van der Waals surface area (Å²) in [6.45, 7) is 3.25. The summed E-state index contributed by atoms with van der Waals surface area (Å²) < 4.78 is 5.36. The summed E-state index contributed by atoms with van der Waals surface area (Å²) in [5, 5.41) is 0. The van der Waals surface area contributed by atoms with Crippen LogP contribution in [-0.2, 0) is 4.74 Å². The number of rotatable bonds is 2. The average molecular weight is 296 g/mol. The van der Waals surface area contributed by atoms with E-state index in [0.29, 0.717) is 5.69 Å². The zero-order chi connectivity index (χ0) is 14.9. The first-order chi connectivity index (χ1) is 10.8. The van der Waals surface area contributed by atoms with Crippen LogP contribution in [0.4, 0.5) is 11.5 Å². The number of nitrogens with two attached hydrogens (primary N) is 1. The first kappa shape index (κ1) is 13.0. The smallest absolute Gasteiger partial charge is 0.157 e. The lowest BCUT2D eigenvalue weighted by Gasteiger charge is -2.27. The molecule has 0 aromatic carbocycles. The van der Waals surface area contributed by atoms with E-state index in [-0.39, 0.29) is 0 Å². The van der Waals surface area contributed by atoms with Crippen molar-refractivity contribution in [1.29, 1.82) is 0 Å². The largest absolute Gasteiger partial charge is 0.397 e. The van der Waals surface area contributed by atoms with E-state index in [1.165, 1.54) is 0 Å². The molecular weight excluding hydrogens is 280 g/mol. The van der Waals surface area contributed by atoms with Crippen LogP contribution in [0.3, 0.4) is 0 Å². The zero-order valence-corrected chi connectivity index (χ0v) is 12.0. The van der Waals surface area contributed by atoms with Gasteiger partial charge in [0.05, 0.1) is 25.1 Å². The lowest BCUT2D eigenvalue weighted by Crippen LogP contribution is -2.36. The molecule has 4 heterocycles. The second kappa shape index (κ2) is 5.27. The van der Waals surface area contributed by atoms with Crippen molar-refractivity contribution in [3.05, 3.63) is 30.6 Å². The van der Waals surface area contributed by atoms with Crippen molar-refractivity contribution in [2.45, 2.75) is 0 Å². The summed E-state index contributed by atoms with van der Waals surface area (Å²) in [5.41, 5.74) is 8.74. The molecule has 1 aliphatic heterocycles. The summed E-state index contributed by atoms with van der Waals surface area (Å²) >= 11 is 0. The van der Waals surface area contributed by atoms with Crippen LogP contribution in [0.15, 0.2) is 30.6 Å². The molecule has 0 saturated carbocycles. The molecule has 3 aromatic heterocycles. The molecule has 1 saturated heterocycles. The van der Waals surface area contributed by atoms with E-state index in [2.05, 4.69) is 24.8 Å². The number of aromatic amines is 1. The monoisotopic (exact) mass is 296 g/mol. The zero-order valence-electron chi connectivity index (χ0n) is 12.0. The van der Waals surface area contributed by atoms with Crippen molar-refractivity contribution in [2.75, 3.05) is 36.9 Å². The van der Waals surface area contributed by atoms with Gasteiger partial charge in [-0.25, -0.2) is 15.0 Å². The van der Waals surface area contributed by atoms with Crippen molar-refractivity contribution >= 4 is 22.7 Å². The summed E-state index contributed by atoms with van der Waals surface area (Å²) in [6.07, 6.45) is 3.44. The number of H-pyrrole nitrogens is 1. The minimum Gasteiger partial charge on any atom is -0.397 e. The van der Waals surface area contributed by atoms with Gasteiger partial charge in [-0.2, -0.15) is 0 Å². The lowest BCUT2D eigenvalue weighted by molar-refractivity contribution is 0.122. The number of fused-ring (bicyclic) bond motifs is 1. The van der Waals surface area contributed by atoms with Gasteiger partial charge < -0.3 is 20.4 Å².